The molecular formula is C10H16N2O3S2. The van der Waals surface area contributed by atoms with Gasteiger partial charge in [-0.25, -0.2) is 13.4 Å². The van der Waals surface area contributed by atoms with Gasteiger partial charge in [0, 0.05) is 19.3 Å². The molecule has 5 nitrogen and oxygen atoms in total. The number of aliphatic hydroxyl groups excluding tert-OH is 1. The molecule has 0 saturated carbocycles. The number of sulfone groups is 1. The minimum atomic E-state index is -2.88. The minimum Gasteiger partial charge on any atom is -0.388 e. The summed E-state index contributed by atoms with van der Waals surface area (Å²) in [5, 5.41) is 10.2. The van der Waals surface area contributed by atoms with Crippen LogP contribution < -0.4 is 4.90 Å². The normalized spacial score (nSPS) is 22.1. The van der Waals surface area contributed by atoms with Crippen LogP contribution in [0.1, 0.15) is 24.3 Å². The topological polar surface area (TPSA) is 70.5 Å². The highest BCUT2D eigenvalue weighted by atomic mass is 32.2. The molecular weight excluding hydrogens is 260 g/mol. The molecule has 0 aliphatic carbocycles. The van der Waals surface area contributed by atoms with Gasteiger partial charge >= 0.3 is 0 Å². The van der Waals surface area contributed by atoms with Gasteiger partial charge in [-0.1, -0.05) is 11.3 Å². The number of nitrogens with zero attached hydrogens (tertiary/aromatic N) is 2. The predicted octanol–water partition coefficient (Wildman–Crippen LogP) is 0.821. The maximum absolute atomic E-state index is 11.5. The number of aromatic nitrogens is 1. The summed E-state index contributed by atoms with van der Waals surface area (Å²) in [6.45, 7) is 2.91. The molecule has 1 N–H and O–H groups in total. The summed E-state index contributed by atoms with van der Waals surface area (Å²) >= 11 is 1.43. The standard InChI is InChI=1S/C10H16N2O3S2/c1-8(13)9-7-11-10(16-9)12-3-2-5-17(14,15)6-4-12/h7-8,13H,2-6H2,1H3. The predicted molar refractivity (Wildman–Crippen MR) is 68.2 cm³/mol. The molecule has 0 radical (unpaired) electrons. The Morgan fingerprint density at radius 2 is 2.24 bits per heavy atom. The molecule has 1 aliphatic rings. The molecule has 0 spiro atoms. The fraction of sp³-hybridized carbons (Fsp3) is 0.700. The van der Waals surface area contributed by atoms with E-state index in [-0.39, 0.29) is 11.5 Å². The van der Waals surface area contributed by atoms with Gasteiger partial charge in [0.1, 0.15) is 0 Å². The third-order valence-electron chi connectivity index (χ3n) is 2.75. The summed E-state index contributed by atoms with van der Waals surface area (Å²) in [4.78, 5) is 7.04. The molecule has 1 aromatic heterocycles. The van der Waals surface area contributed by atoms with E-state index in [0.29, 0.717) is 19.5 Å². The third-order valence-corrected chi connectivity index (χ3v) is 5.69. The maximum atomic E-state index is 11.5. The van der Waals surface area contributed by atoms with E-state index in [1.54, 1.807) is 13.1 Å². The quantitative estimate of drug-likeness (QED) is 0.866. The molecule has 0 bridgehead atoms. The molecule has 2 rings (SSSR count). The van der Waals surface area contributed by atoms with E-state index in [2.05, 4.69) is 4.98 Å². The van der Waals surface area contributed by atoms with Crippen LogP contribution in [0.5, 0.6) is 0 Å². The van der Waals surface area contributed by atoms with E-state index >= 15 is 0 Å². The van der Waals surface area contributed by atoms with Gasteiger partial charge in [-0.15, -0.1) is 0 Å². The first-order chi connectivity index (χ1) is 7.98. The lowest BCUT2D eigenvalue weighted by Crippen LogP contribution is -2.26. The van der Waals surface area contributed by atoms with Crippen molar-refractivity contribution < 1.29 is 13.5 Å². The first kappa shape index (κ1) is 12.8. The summed E-state index contributed by atoms with van der Waals surface area (Å²) in [7, 11) is -2.88. The highest BCUT2D eigenvalue weighted by Gasteiger charge is 2.21. The van der Waals surface area contributed by atoms with E-state index in [0.717, 1.165) is 10.0 Å². The van der Waals surface area contributed by atoms with Crippen molar-refractivity contribution >= 4 is 26.3 Å². The lowest BCUT2D eigenvalue weighted by molar-refractivity contribution is 0.203. The fourth-order valence-electron chi connectivity index (χ4n) is 1.75. The summed E-state index contributed by atoms with van der Waals surface area (Å²) in [6, 6.07) is 0. The highest BCUT2D eigenvalue weighted by Crippen LogP contribution is 2.27. The van der Waals surface area contributed by atoms with Gasteiger partial charge in [-0.3, -0.25) is 0 Å². The molecule has 1 aromatic rings. The Hall–Kier alpha value is -0.660. The number of hydrogen-bond donors (Lipinski definition) is 1. The molecule has 1 aliphatic heterocycles. The maximum Gasteiger partial charge on any atom is 0.185 e. The van der Waals surface area contributed by atoms with Crippen molar-refractivity contribution in [3.05, 3.63) is 11.1 Å². The minimum absolute atomic E-state index is 0.191. The zero-order valence-electron chi connectivity index (χ0n) is 9.66. The van der Waals surface area contributed by atoms with Crippen LogP contribution in [0.15, 0.2) is 6.20 Å². The zero-order valence-corrected chi connectivity index (χ0v) is 11.3. The second-order valence-electron chi connectivity index (χ2n) is 4.21. The summed E-state index contributed by atoms with van der Waals surface area (Å²) in [6.07, 6.45) is 1.78. The number of hydrogen-bond acceptors (Lipinski definition) is 6. The Morgan fingerprint density at radius 3 is 2.88 bits per heavy atom. The number of aliphatic hydroxyl groups is 1. The van der Waals surface area contributed by atoms with Crippen molar-refractivity contribution in [1.29, 1.82) is 0 Å². The van der Waals surface area contributed by atoms with E-state index in [4.69, 9.17) is 0 Å². The first-order valence-corrected chi connectivity index (χ1v) is 8.21. The van der Waals surface area contributed by atoms with Crippen LogP contribution in [0.3, 0.4) is 0 Å². The Labute approximate surface area is 105 Å². The van der Waals surface area contributed by atoms with Gasteiger partial charge in [0.25, 0.3) is 0 Å². The van der Waals surface area contributed by atoms with Crippen LogP contribution in [0.2, 0.25) is 0 Å². The van der Waals surface area contributed by atoms with Gasteiger partial charge in [0.15, 0.2) is 15.0 Å². The molecule has 1 fully saturated rings. The molecule has 1 saturated heterocycles. The number of thiazole rings is 1. The van der Waals surface area contributed by atoms with Gasteiger partial charge in [0.2, 0.25) is 0 Å². The SMILES string of the molecule is CC(O)c1cnc(N2CCCS(=O)(=O)CC2)s1. The molecule has 17 heavy (non-hydrogen) atoms. The summed E-state index contributed by atoms with van der Waals surface area (Å²) in [5.41, 5.74) is 0. The van der Waals surface area contributed by atoms with Crippen LogP contribution in [0.4, 0.5) is 5.13 Å². The van der Waals surface area contributed by atoms with Crippen molar-refractivity contribution in [3.63, 3.8) is 0 Å². The lowest BCUT2D eigenvalue weighted by atomic mass is 10.4. The summed E-state index contributed by atoms with van der Waals surface area (Å²) < 4.78 is 23.0. The van der Waals surface area contributed by atoms with Crippen LogP contribution in [-0.4, -0.2) is 43.1 Å². The molecule has 1 atom stereocenters. The van der Waals surface area contributed by atoms with E-state index in [9.17, 15) is 13.5 Å². The van der Waals surface area contributed by atoms with Gasteiger partial charge in [-0.2, -0.15) is 0 Å². The van der Waals surface area contributed by atoms with Crippen LogP contribution in [0.25, 0.3) is 0 Å². The average Bonchev–Trinajstić information content (AvgIpc) is 2.65. The zero-order chi connectivity index (χ0) is 12.5. The van der Waals surface area contributed by atoms with Crippen LogP contribution in [-0.2, 0) is 9.84 Å². The Balaban J connectivity index is 2.11. The van der Waals surface area contributed by atoms with Gasteiger partial charge in [0.05, 0.1) is 22.5 Å². The fourth-order valence-corrected chi connectivity index (χ4v) is 3.92. The Kier molecular flexibility index (Phi) is 3.70. The second kappa shape index (κ2) is 4.91. The van der Waals surface area contributed by atoms with Gasteiger partial charge < -0.3 is 10.0 Å². The van der Waals surface area contributed by atoms with Crippen molar-refractivity contribution in [2.24, 2.45) is 0 Å². The third kappa shape index (κ3) is 3.17. The summed E-state index contributed by atoms with van der Waals surface area (Å²) in [5.74, 6) is 0.453. The largest absolute Gasteiger partial charge is 0.388 e. The van der Waals surface area contributed by atoms with E-state index < -0.39 is 15.9 Å². The average molecular weight is 276 g/mol. The van der Waals surface area contributed by atoms with Crippen molar-refractivity contribution in [3.8, 4) is 0 Å². The van der Waals surface area contributed by atoms with Crippen LogP contribution >= 0.6 is 11.3 Å². The van der Waals surface area contributed by atoms with Crippen molar-refractivity contribution in [2.45, 2.75) is 19.4 Å². The Morgan fingerprint density at radius 1 is 1.47 bits per heavy atom. The van der Waals surface area contributed by atoms with Crippen LogP contribution in [0, 0.1) is 0 Å². The van der Waals surface area contributed by atoms with E-state index in [1.165, 1.54) is 11.3 Å². The number of rotatable bonds is 2. The molecule has 7 heteroatoms. The smallest absolute Gasteiger partial charge is 0.185 e. The molecule has 0 aromatic carbocycles. The molecule has 96 valence electrons. The van der Waals surface area contributed by atoms with Gasteiger partial charge in [-0.05, 0) is 13.3 Å². The highest BCUT2D eigenvalue weighted by molar-refractivity contribution is 7.91. The molecule has 1 unspecified atom stereocenters. The Bertz CT molecular complexity index is 481. The molecule has 0 amide bonds. The van der Waals surface area contributed by atoms with Crippen molar-refractivity contribution in [2.75, 3.05) is 29.5 Å². The monoisotopic (exact) mass is 276 g/mol. The lowest BCUT2D eigenvalue weighted by Gasteiger charge is -2.17. The second-order valence-corrected chi connectivity index (χ2v) is 7.56. The van der Waals surface area contributed by atoms with E-state index in [1.807, 2.05) is 4.90 Å². The molecule has 2 heterocycles. The van der Waals surface area contributed by atoms with Crippen molar-refractivity contribution in [1.82, 2.24) is 4.98 Å². The number of anilines is 1. The first-order valence-electron chi connectivity index (χ1n) is 5.57.